The molecule has 0 aromatic carbocycles. The van der Waals surface area contributed by atoms with Crippen LogP contribution >= 0.6 is 15.9 Å². The highest BCUT2D eigenvalue weighted by Crippen LogP contribution is 2.13. The lowest BCUT2D eigenvalue weighted by Crippen LogP contribution is -2.12. The maximum atomic E-state index is 11.2. The summed E-state index contributed by atoms with van der Waals surface area (Å²) in [6.45, 7) is 0.413. The first-order chi connectivity index (χ1) is 7.66. The summed E-state index contributed by atoms with van der Waals surface area (Å²) in [4.78, 5) is 21.7. The van der Waals surface area contributed by atoms with E-state index < -0.39 is 0 Å². The van der Waals surface area contributed by atoms with Crippen LogP contribution in [0.15, 0.2) is 21.9 Å². The molecule has 0 aliphatic rings. The highest BCUT2D eigenvalue weighted by molar-refractivity contribution is 9.10. The number of halogens is 1. The zero-order valence-electron chi connectivity index (χ0n) is 8.44. The molecule has 2 aromatic heterocycles. The molecule has 2 heterocycles. The van der Waals surface area contributed by atoms with Gasteiger partial charge in [-0.2, -0.15) is 5.10 Å². The summed E-state index contributed by atoms with van der Waals surface area (Å²) in [5.41, 5.74) is -0.230. The molecule has 84 valence electrons. The van der Waals surface area contributed by atoms with Gasteiger partial charge in [0.25, 0.3) is 5.56 Å². The maximum absolute atomic E-state index is 11.2. The summed E-state index contributed by atoms with van der Waals surface area (Å²) in [6, 6.07) is 0. The van der Waals surface area contributed by atoms with Crippen LogP contribution in [0, 0.1) is 0 Å². The minimum absolute atomic E-state index is 0.230. The van der Waals surface area contributed by atoms with E-state index in [1.54, 1.807) is 18.1 Å². The minimum Gasteiger partial charge on any atom is -0.362 e. The predicted molar refractivity (Wildman–Crippen MR) is 60.9 cm³/mol. The minimum atomic E-state index is -0.230. The second-order valence-corrected chi connectivity index (χ2v) is 3.88. The average molecular weight is 285 g/mol. The van der Waals surface area contributed by atoms with Gasteiger partial charge in [-0.25, -0.2) is 9.97 Å². The van der Waals surface area contributed by atoms with E-state index in [0.717, 1.165) is 0 Å². The Hall–Kier alpha value is -1.70. The zero-order valence-corrected chi connectivity index (χ0v) is 10.0. The smallest absolute Gasteiger partial charge is 0.267 e. The van der Waals surface area contributed by atoms with Gasteiger partial charge in [0.15, 0.2) is 5.82 Å². The van der Waals surface area contributed by atoms with E-state index in [2.05, 4.69) is 41.3 Å². The van der Waals surface area contributed by atoms with Crippen LogP contribution in [0.3, 0.4) is 0 Å². The first-order valence-corrected chi connectivity index (χ1v) is 5.27. The van der Waals surface area contributed by atoms with E-state index in [9.17, 15) is 4.79 Å². The number of hydrogen-bond donors (Lipinski definition) is 2. The van der Waals surface area contributed by atoms with E-state index in [4.69, 9.17) is 0 Å². The highest BCUT2D eigenvalue weighted by Gasteiger charge is 2.05. The summed E-state index contributed by atoms with van der Waals surface area (Å²) in [5.74, 6) is 1.10. The van der Waals surface area contributed by atoms with Crippen molar-refractivity contribution in [1.82, 2.24) is 24.7 Å². The van der Waals surface area contributed by atoms with E-state index in [1.807, 2.05) is 0 Å². The molecule has 0 aliphatic carbocycles. The largest absolute Gasteiger partial charge is 0.362 e. The van der Waals surface area contributed by atoms with Gasteiger partial charge in [0, 0.05) is 7.05 Å². The number of nitrogens with zero attached hydrogens (tertiary/aromatic N) is 4. The Morgan fingerprint density at radius 3 is 3.06 bits per heavy atom. The molecule has 0 bridgehead atoms. The number of aromatic amines is 1. The Labute approximate surface area is 99.1 Å². The number of hydrogen-bond acceptors (Lipinski definition) is 5. The number of aromatic nitrogens is 5. The van der Waals surface area contributed by atoms with Crippen LogP contribution in [0.4, 0.5) is 5.82 Å². The van der Waals surface area contributed by atoms with Gasteiger partial charge in [-0.15, -0.1) is 0 Å². The van der Waals surface area contributed by atoms with Crippen molar-refractivity contribution in [2.75, 3.05) is 5.32 Å². The second-order valence-electron chi connectivity index (χ2n) is 3.08. The van der Waals surface area contributed by atoms with Crippen LogP contribution in [-0.4, -0.2) is 24.7 Å². The van der Waals surface area contributed by atoms with Crippen LogP contribution in [-0.2, 0) is 13.6 Å². The summed E-state index contributed by atoms with van der Waals surface area (Å²) in [7, 11) is 1.79. The van der Waals surface area contributed by atoms with E-state index >= 15 is 0 Å². The van der Waals surface area contributed by atoms with E-state index in [1.165, 1.54) is 6.33 Å². The third kappa shape index (κ3) is 2.27. The van der Waals surface area contributed by atoms with Gasteiger partial charge in [0.05, 0.1) is 12.9 Å². The van der Waals surface area contributed by atoms with Crippen LogP contribution < -0.4 is 10.9 Å². The van der Waals surface area contributed by atoms with Crippen molar-refractivity contribution in [3.63, 3.8) is 0 Å². The molecule has 7 nitrogen and oxygen atoms in total. The molecule has 8 heteroatoms. The Bertz CT molecular complexity index is 547. The van der Waals surface area contributed by atoms with Gasteiger partial charge >= 0.3 is 0 Å². The van der Waals surface area contributed by atoms with Crippen LogP contribution in [0.2, 0.25) is 0 Å². The van der Waals surface area contributed by atoms with Gasteiger partial charge in [0.2, 0.25) is 0 Å². The molecule has 0 saturated heterocycles. The molecule has 0 radical (unpaired) electrons. The second kappa shape index (κ2) is 4.44. The molecule has 0 saturated carbocycles. The first kappa shape index (κ1) is 10.8. The normalized spacial score (nSPS) is 10.4. The Morgan fingerprint density at radius 2 is 2.38 bits per heavy atom. The first-order valence-electron chi connectivity index (χ1n) is 4.48. The standard InChI is InChI=1S/C8H9BrN6O/c1-15-4-13-5(14-15)2-10-7-6(9)8(16)12-3-11-7/h3-4H,2H2,1H3,(H2,10,11,12,16). The lowest BCUT2D eigenvalue weighted by molar-refractivity contribution is 0.746. The molecule has 0 spiro atoms. The fourth-order valence-corrected chi connectivity index (χ4v) is 1.49. The number of nitrogens with one attached hydrogen (secondary N) is 2. The fourth-order valence-electron chi connectivity index (χ4n) is 1.13. The molecule has 2 N–H and O–H groups in total. The predicted octanol–water partition coefficient (Wildman–Crippen LogP) is 0.273. The van der Waals surface area contributed by atoms with Crippen molar-refractivity contribution in [2.45, 2.75) is 6.54 Å². The van der Waals surface area contributed by atoms with Crippen molar-refractivity contribution in [3.8, 4) is 0 Å². The third-order valence-corrected chi connectivity index (χ3v) is 2.59. The zero-order chi connectivity index (χ0) is 11.5. The molecule has 16 heavy (non-hydrogen) atoms. The Balaban J connectivity index is 2.10. The molecule has 0 unspecified atom stereocenters. The lowest BCUT2D eigenvalue weighted by Gasteiger charge is -2.03. The van der Waals surface area contributed by atoms with Crippen molar-refractivity contribution in [3.05, 3.63) is 33.3 Å². The molecule has 0 atom stereocenters. The van der Waals surface area contributed by atoms with Crippen molar-refractivity contribution >= 4 is 21.7 Å². The molecular formula is C8H9BrN6O. The molecule has 2 aromatic rings. The third-order valence-electron chi connectivity index (χ3n) is 1.86. The molecule has 0 amide bonds. The lowest BCUT2D eigenvalue weighted by atomic mass is 10.5. The van der Waals surface area contributed by atoms with Crippen LogP contribution in [0.5, 0.6) is 0 Å². The fraction of sp³-hybridized carbons (Fsp3) is 0.250. The van der Waals surface area contributed by atoms with Crippen LogP contribution in [0.1, 0.15) is 5.82 Å². The van der Waals surface area contributed by atoms with Gasteiger partial charge in [-0.3, -0.25) is 9.48 Å². The van der Waals surface area contributed by atoms with Crippen molar-refractivity contribution < 1.29 is 0 Å². The number of aryl methyl sites for hydroxylation is 1. The summed E-state index contributed by atoms with van der Waals surface area (Å²) < 4.78 is 1.98. The molecular weight excluding hydrogens is 276 g/mol. The van der Waals surface area contributed by atoms with Gasteiger partial charge < -0.3 is 10.3 Å². The summed E-state index contributed by atoms with van der Waals surface area (Å²) in [6.07, 6.45) is 2.94. The quantitative estimate of drug-likeness (QED) is 0.845. The summed E-state index contributed by atoms with van der Waals surface area (Å²) in [5, 5.41) is 7.06. The van der Waals surface area contributed by atoms with Gasteiger partial charge in [-0.1, -0.05) is 0 Å². The molecule has 0 fully saturated rings. The Morgan fingerprint density at radius 1 is 1.56 bits per heavy atom. The number of rotatable bonds is 3. The van der Waals surface area contributed by atoms with Gasteiger partial charge in [-0.05, 0) is 15.9 Å². The maximum Gasteiger partial charge on any atom is 0.267 e. The SMILES string of the molecule is Cn1cnc(CNc2nc[nH]c(=O)c2Br)n1. The topological polar surface area (TPSA) is 88.5 Å². The number of anilines is 1. The summed E-state index contributed by atoms with van der Waals surface area (Å²) >= 11 is 3.14. The van der Waals surface area contributed by atoms with Crippen molar-refractivity contribution in [2.24, 2.45) is 7.05 Å². The Kier molecular flexibility index (Phi) is 3.00. The van der Waals surface area contributed by atoms with Crippen LogP contribution in [0.25, 0.3) is 0 Å². The van der Waals surface area contributed by atoms with E-state index in [-0.39, 0.29) is 5.56 Å². The molecule has 0 aliphatic heterocycles. The average Bonchev–Trinajstić information content (AvgIpc) is 2.67. The molecule has 2 rings (SSSR count). The van der Waals surface area contributed by atoms with Crippen molar-refractivity contribution in [1.29, 1.82) is 0 Å². The van der Waals surface area contributed by atoms with Gasteiger partial charge in [0.1, 0.15) is 16.6 Å². The highest BCUT2D eigenvalue weighted by atomic mass is 79.9. The van der Waals surface area contributed by atoms with E-state index in [0.29, 0.717) is 22.7 Å². The monoisotopic (exact) mass is 284 g/mol. The number of H-pyrrole nitrogens is 1.